The van der Waals surface area contributed by atoms with Gasteiger partial charge in [0, 0.05) is 36.0 Å². The van der Waals surface area contributed by atoms with E-state index >= 15 is 0 Å². The highest BCUT2D eigenvalue weighted by molar-refractivity contribution is 5.97. The van der Waals surface area contributed by atoms with Gasteiger partial charge in [0.05, 0.1) is 19.9 Å². The summed E-state index contributed by atoms with van der Waals surface area (Å²) in [5.41, 5.74) is 4.54. The number of amides is 2. The number of rotatable bonds is 9. The molecule has 0 fully saturated rings. The summed E-state index contributed by atoms with van der Waals surface area (Å²) in [6, 6.07) is 10.6. The summed E-state index contributed by atoms with van der Waals surface area (Å²) in [7, 11) is 1.59. The highest BCUT2D eigenvalue weighted by Gasteiger charge is 2.16. The second kappa shape index (κ2) is 10.3. The number of nitrogens with one attached hydrogen (secondary N) is 2. The van der Waals surface area contributed by atoms with E-state index in [0.717, 1.165) is 24.3 Å². The Morgan fingerprint density at radius 1 is 1.13 bits per heavy atom. The summed E-state index contributed by atoms with van der Waals surface area (Å²) in [6.07, 6.45) is 1.50. The molecule has 2 N–H and O–H groups in total. The van der Waals surface area contributed by atoms with E-state index in [9.17, 15) is 9.59 Å². The number of carbonyl (C=O) groups is 2. The van der Waals surface area contributed by atoms with E-state index in [-0.39, 0.29) is 13.3 Å². The standard InChI is InChI=1S/C22H26N4O5/c1-4-26(5-2)17-8-6-16(19(11-17)29-3)12-24-25-21(27)13-23-22(28)15-7-9-18-20(10-15)31-14-30-18/h6-12H,4-5,13-14H2,1-3H3,(H,23,28)(H,25,27)/b24-12-. The summed E-state index contributed by atoms with van der Waals surface area (Å²) < 4.78 is 15.9. The Bertz CT molecular complexity index is 972. The molecule has 9 heteroatoms. The highest BCUT2D eigenvalue weighted by Crippen LogP contribution is 2.32. The minimum absolute atomic E-state index is 0.129. The number of anilines is 1. The lowest BCUT2D eigenvalue weighted by molar-refractivity contribution is -0.120. The quantitative estimate of drug-likeness (QED) is 0.471. The van der Waals surface area contributed by atoms with Crippen LogP contribution in [0.25, 0.3) is 0 Å². The molecule has 2 aromatic carbocycles. The smallest absolute Gasteiger partial charge is 0.259 e. The summed E-state index contributed by atoms with van der Waals surface area (Å²) in [6.45, 7) is 5.87. The van der Waals surface area contributed by atoms with E-state index in [1.165, 1.54) is 6.21 Å². The van der Waals surface area contributed by atoms with Gasteiger partial charge in [-0.2, -0.15) is 5.10 Å². The molecule has 2 amide bonds. The van der Waals surface area contributed by atoms with E-state index in [1.54, 1.807) is 25.3 Å². The van der Waals surface area contributed by atoms with E-state index in [1.807, 2.05) is 18.2 Å². The molecule has 9 nitrogen and oxygen atoms in total. The van der Waals surface area contributed by atoms with Gasteiger partial charge >= 0.3 is 0 Å². The van der Waals surface area contributed by atoms with Gasteiger partial charge in [0.2, 0.25) is 6.79 Å². The molecule has 1 aliphatic heterocycles. The maximum Gasteiger partial charge on any atom is 0.259 e. The molecule has 0 bridgehead atoms. The van der Waals surface area contributed by atoms with Crippen LogP contribution in [0.1, 0.15) is 29.8 Å². The van der Waals surface area contributed by atoms with Crippen LogP contribution in [0.5, 0.6) is 17.2 Å². The van der Waals surface area contributed by atoms with Gasteiger partial charge in [-0.15, -0.1) is 0 Å². The van der Waals surface area contributed by atoms with Gasteiger partial charge in [-0.05, 0) is 44.2 Å². The molecule has 0 aromatic heterocycles. The Morgan fingerprint density at radius 3 is 2.65 bits per heavy atom. The van der Waals surface area contributed by atoms with Crippen molar-refractivity contribution in [3.63, 3.8) is 0 Å². The van der Waals surface area contributed by atoms with Crippen LogP contribution in [0, 0.1) is 0 Å². The van der Waals surface area contributed by atoms with Crippen LogP contribution in [0.2, 0.25) is 0 Å². The van der Waals surface area contributed by atoms with Gasteiger partial charge in [-0.1, -0.05) is 0 Å². The second-order valence-electron chi connectivity index (χ2n) is 6.64. The van der Waals surface area contributed by atoms with Gasteiger partial charge in [0.1, 0.15) is 5.75 Å². The zero-order valence-electron chi connectivity index (χ0n) is 17.8. The minimum atomic E-state index is -0.455. The topological polar surface area (TPSA) is 101 Å². The summed E-state index contributed by atoms with van der Waals surface area (Å²) >= 11 is 0. The zero-order valence-corrected chi connectivity index (χ0v) is 17.8. The largest absolute Gasteiger partial charge is 0.496 e. The molecule has 0 saturated heterocycles. The number of carbonyl (C=O) groups excluding carboxylic acids is 2. The van der Waals surface area contributed by atoms with Crippen molar-refractivity contribution in [1.29, 1.82) is 0 Å². The summed E-state index contributed by atoms with van der Waals surface area (Å²) in [5.74, 6) is 0.889. The average molecular weight is 426 g/mol. The monoisotopic (exact) mass is 426 g/mol. The predicted octanol–water partition coefficient (Wildman–Crippen LogP) is 2.15. The van der Waals surface area contributed by atoms with Gasteiger partial charge in [0.25, 0.3) is 11.8 Å². The van der Waals surface area contributed by atoms with Crippen molar-refractivity contribution in [2.75, 3.05) is 38.4 Å². The first-order valence-corrected chi connectivity index (χ1v) is 9.98. The first kappa shape index (κ1) is 21.9. The van der Waals surface area contributed by atoms with Crippen LogP contribution < -0.4 is 29.9 Å². The molecule has 31 heavy (non-hydrogen) atoms. The molecule has 0 radical (unpaired) electrons. The zero-order chi connectivity index (χ0) is 22.2. The molecular formula is C22H26N4O5. The fraction of sp³-hybridized carbons (Fsp3) is 0.318. The van der Waals surface area contributed by atoms with Crippen molar-refractivity contribution in [1.82, 2.24) is 10.7 Å². The molecule has 0 aliphatic carbocycles. The van der Waals surface area contributed by atoms with Crippen molar-refractivity contribution in [2.24, 2.45) is 5.10 Å². The van der Waals surface area contributed by atoms with Crippen molar-refractivity contribution in [2.45, 2.75) is 13.8 Å². The number of methoxy groups -OCH3 is 1. The number of hydrazone groups is 1. The third kappa shape index (κ3) is 5.44. The number of hydrogen-bond acceptors (Lipinski definition) is 7. The van der Waals surface area contributed by atoms with Crippen molar-refractivity contribution >= 4 is 23.7 Å². The number of nitrogens with zero attached hydrogens (tertiary/aromatic N) is 2. The van der Waals surface area contributed by atoms with Gasteiger partial charge in [-0.3, -0.25) is 9.59 Å². The van der Waals surface area contributed by atoms with Gasteiger partial charge in [-0.25, -0.2) is 5.43 Å². The molecule has 164 valence electrons. The Morgan fingerprint density at radius 2 is 1.90 bits per heavy atom. The van der Waals surface area contributed by atoms with Crippen molar-refractivity contribution in [3.05, 3.63) is 47.5 Å². The molecule has 1 aliphatic rings. The Labute approximate surface area is 181 Å². The number of fused-ring (bicyclic) bond motifs is 1. The van der Waals surface area contributed by atoms with E-state index in [4.69, 9.17) is 14.2 Å². The first-order valence-electron chi connectivity index (χ1n) is 9.98. The summed E-state index contributed by atoms with van der Waals surface area (Å²) in [5, 5.41) is 6.50. The van der Waals surface area contributed by atoms with Gasteiger partial charge < -0.3 is 24.4 Å². The molecule has 3 rings (SSSR count). The predicted molar refractivity (Wildman–Crippen MR) is 117 cm³/mol. The molecular weight excluding hydrogens is 400 g/mol. The van der Waals surface area contributed by atoms with Crippen LogP contribution in [-0.2, 0) is 4.79 Å². The maximum absolute atomic E-state index is 12.2. The molecule has 0 unspecified atom stereocenters. The molecule has 2 aromatic rings. The van der Waals surface area contributed by atoms with Crippen molar-refractivity contribution in [3.8, 4) is 17.2 Å². The molecule has 0 atom stereocenters. The van der Waals surface area contributed by atoms with E-state index < -0.39 is 11.8 Å². The van der Waals surface area contributed by atoms with Crippen LogP contribution in [0.15, 0.2) is 41.5 Å². The fourth-order valence-electron chi connectivity index (χ4n) is 3.11. The van der Waals surface area contributed by atoms with E-state index in [0.29, 0.717) is 22.8 Å². The Hall–Kier alpha value is -3.75. The second-order valence-corrected chi connectivity index (χ2v) is 6.64. The Balaban J connectivity index is 1.52. The third-order valence-electron chi connectivity index (χ3n) is 4.78. The number of hydrogen-bond donors (Lipinski definition) is 2. The van der Waals surface area contributed by atoms with Crippen LogP contribution >= 0.6 is 0 Å². The van der Waals surface area contributed by atoms with E-state index in [2.05, 4.69) is 34.6 Å². The maximum atomic E-state index is 12.2. The summed E-state index contributed by atoms with van der Waals surface area (Å²) in [4.78, 5) is 26.4. The molecule has 1 heterocycles. The van der Waals surface area contributed by atoms with Crippen LogP contribution in [0.3, 0.4) is 0 Å². The lowest BCUT2D eigenvalue weighted by Crippen LogP contribution is -2.34. The highest BCUT2D eigenvalue weighted by atomic mass is 16.7. The normalized spacial score (nSPS) is 12.0. The first-order chi connectivity index (χ1) is 15.0. The lowest BCUT2D eigenvalue weighted by atomic mass is 10.2. The average Bonchev–Trinajstić information content (AvgIpc) is 3.26. The third-order valence-corrected chi connectivity index (χ3v) is 4.78. The van der Waals surface area contributed by atoms with Crippen LogP contribution in [-0.4, -0.2) is 51.6 Å². The minimum Gasteiger partial charge on any atom is -0.496 e. The van der Waals surface area contributed by atoms with Gasteiger partial charge in [0.15, 0.2) is 11.5 Å². The molecule has 0 saturated carbocycles. The fourth-order valence-corrected chi connectivity index (χ4v) is 3.11. The number of ether oxygens (including phenoxy) is 3. The van der Waals surface area contributed by atoms with Crippen LogP contribution in [0.4, 0.5) is 5.69 Å². The Kier molecular flexibility index (Phi) is 7.31. The van der Waals surface area contributed by atoms with Crippen molar-refractivity contribution < 1.29 is 23.8 Å². The lowest BCUT2D eigenvalue weighted by Gasteiger charge is -2.21. The molecule has 0 spiro atoms. The number of benzene rings is 2. The SMILES string of the molecule is CCN(CC)c1ccc(/C=N\NC(=O)CNC(=O)c2ccc3c(c2)OCO3)c(OC)c1.